The van der Waals surface area contributed by atoms with Crippen molar-refractivity contribution < 1.29 is 0 Å². The van der Waals surface area contributed by atoms with Crippen LogP contribution in [0.2, 0.25) is 0 Å². The Morgan fingerprint density at radius 2 is 1.74 bits per heavy atom. The van der Waals surface area contributed by atoms with Crippen LogP contribution in [0.3, 0.4) is 0 Å². The highest BCUT2D eigenvalue weighted by Gasteiger charge is 2.25. The van der Waals surface area contributed by atoms with Crippen LogP contribution in [0.4, 0.5) is 0 Å². The Morgan fingerprint density at radius 3 is 2.39 bits per heavy atom. The third-order valence-electron chi connectivity index (χ3n) is 4.92. The van der Waals surface area contributed by atoms with Gasteiger partial charge in [-0.1, -0.05) is 60.3 Å². The van der Waals surface area contributed by atoms with Crippen molar-refractivity contribution in [1.29, 1.82) is 0 Å². The van der Waals surface area contributed by atoms with Crippen LogP contribution < -0.4 is 0 Å². The molecule has 2 aromatic heterocycles. The first-order chi connectivity index (χ1) is 10.8. The zero-order valence-corrected chi connectivity index (χ0v) is 17.1. The van der Waals surface area contributed by atoms with Crippen LogP contribution in [0.15, 0.2) is 28.3 Å². The highest BCUT2D eigenvalue weighted by Crippen LogP contribution is 2.36. The molecule has 0 radical (unpaired) electrons. The lowest BCUT2D eigenvalue weighted by molar-refractivity contribution is 0.453. The Balaban J connectivity index is 1.99. The molecule has 2 heterocycles. The molecule has 0 aliphatic heterocycles. The average Bonchev–Trinajstić information content (AvgIpc) is 3.14. The van der Waals surface area contributed by atoms with Crippen molar-refractivity contribution in [1.82, 2.24) is 0 Å². The minimum absolute atomic E-state index is 0.226. The van der Waals surface area contributed by atoms with Gasteiger partial charge in [-0.25, -0.2) is 0 Å². The van der Waals surface area contributed by atoms with Gasteiger partial charge in [-0.2, -0.15) is 11.3 Å². The van der Waals surface area contributed by atoms with Crippen molar-refractivity contribution in [3.05, 3.63) is 44.3 Å². The minimum atomic E-state index is 0.226. The Kier molecular flexibility index (Phi) is 6.50. The number of thiophene rings is 2. The fraction of sp³-hybridized carbons (Fsp3) is 0.619. The lowest BCUT2D eigenvalue weighted by Crippen LogP contribution is -2.19. The molecule has 0 nitrogen and oxygen atoms in total. The lowest BCUT2D eigenvalue weighted by atomic mass is 9.80. The van der Waals surface area contributed by atoms with Crippen molar-refractivity contribution in [3.8, 4) is 0 Å². The molecule has 0 N–H and O–H groups in total. The monoisotopic (exact) mass is 348 g/mol. The predicted molar refractivity (Wildman–Crippen MR) is 107 cm³/mol. The van der Waals surface area contributed by atoms with Crippen LogP contribution in [0.25, 0.3) is 0 Å². The van der Waals surface area contributed by atoms with E-state index < -0.39 is 0 Å². The second kappa shape index (κ2) is 7.98. The minimum Gasteiger partial charge on any atom is -0.152 e. The summed E-state index contributed by atoms with van der Waals surface area (Å²) in [5.41, 5.74) is 3.52. The molecule has 0 atom stereocenters. The molecule has 0 aliphatic carbocycles. The van der Waals surface area contributed by atoms with E-state index in [1.165, 1.54) is 43.2 Å². The Morgan fingerprint density at radius 1 is 0.957 bits per heavy atom. The van der Waals surface area contributed by atoms with E-state index >= 15 is 0 Å². The fourth-order valence-electron chi connectivity index (χ4n) is 3.20. The summed E-state index contributed by atoms with van der Waals surface area (Å²) < 4.78 is 0. The van der Waals surface area contributed by atoms with Crippen molar-refractivity contribution in [2.45, 2.75) is 84.0 Å². The number of hydrogen-bond donors (Lipinski definition) is 0. The van der Waals surface area contributed by atoms with Gasteiger partial charge >= 0.3 is 0 Å². The van der Waals surface area contributed by atoms with Crippen molar-refractivity contribution in [2.75, 3.05) is 0 Å². The van der Waals surface area contributed by atoms with E-state index in [0.29, 0.717) is 5.41 Å². The summed E-state index contributed by atoms with van der Waals surface area (Å²) in [7, 11) is 0. The summed E-state index contributed by atoms with van der Waals surface area (Å²) in [5, 5.41) is 6.87. The molecular formula is C21H32S2. The summed E-state index contributed by atoms with van der Waals surface area (Å²) in [6, 6.07) is 4.74. The number of unbranched alkanes of at least 4 members (excludes halogenated alkanes) is 3. The maximum atomic E-state index is 2.47. The molecule has 0 fully saturated rings. The van der Waals surface area contributed by atoms with E-state index in [9.17, 15) is 0 Å². The molecule has 2 rings (SSSR count). The van der Waals surface area contributed by atoms with E-state index in [0.717, 1.165) is 6.42 Å². The summed E-state index contributed by atoms with van der Waals surface area (Å²) in [6.45, 7) is 11.8. The van der Waals surface area contributed by atoms with Crippen molar-refractivity contribution in [2.24, 2.45) is 0 Å². The molecule has 0 bridgehead atoms. The smallest absolute Gasteiger partial charge is 0.0104 e. The highest BCUT2D eigenvalue weighted by molar-refractivity contribution is 7.10. The second-order valence-electron chi connectivity index (χ2n) is 8.09. The van der Waals surface area contributed by atoms with Gasteiger partial charge in [-0.15, -0.1) is 11.3 Å². The first kappa shape index (κ1) is 18.7. The van der Waals surface area contributed by atoms with Crippen LogP contribution in [0.1, 0.15) is 82.7 Å². The first-order valence-corrected chi connectivity index (χ1v) is 10.8. The SMILES string of the molecule is CCCCCCC(C)(C)c1cc(CC(C)(C)c2ccsc2)cs1. The third-order valence-corrected chi connectivity index (χ3v) is 6.95. The van der Waals surface area contributed by atoms with Gasteiger partial charge in [0.15, 0.2) is 0 Å². The Hall–Kier alpha value is -0.600. The average molecular weight is 349 g/mol. The van der Waals surface area contributed by atoms with Gasteiger partial charge in [0.05, 0.1) is 0 Å². The van der Waals surface area contributed by atoms with Crippen LogP contribution in [0, 0.1) is 0 Å². The molecule has 0 unspecified atom stereocenters. The molecule has 23 heavy (non-hydrogen) atoms. The van der Waals surface area contributed by atoms with Crippen LogP contribution in [-0.4, -0.2) is 0 Å². The molecule has 0 saturated carbocycles. The normalized spacial score (nSPS) is 12.7. The molecule has 0 spiro atoms. The van der Waals surface area contributed by atoms with Gasteiger partial charge in [0.2, 0.25) is 0 Å². The molecule has 128 valence electrons. The highest BCUT2D eigenvalue weighted by atomic mass is 32.1. The zero-order chi connectivity index (χ0) is 16.9. The van der Waals surface area contributed by atoms with Crippen LogP contribution in [0.5, 0.6) is 0 Å². The summed E-state index contributed by atoms with van der Waals surface area (Å²) >= 11 is 3.76. The summed E-state index contributed by atoms with van der Waals surface area (Å²) in [4.78, 5) is 1.56. The lowest BCUT2D eigenvalue weighted by Gasteiger charge is -2.24. The maximum Gasteiger partial charge on any atom is 0.0104 e. The first-order valence-electron chi connectivity index (χ1n) is 8.96. The molecule has 0 saturated heterocycles. The van der Waals surface area contributed by atoms with Gasteiger partial charge in [-0.3, -0.25) is 0 Å². The van der Waals surface area contributed by atoms with Crippen molar-refractivity contribution >= 4 is 22.7 Å². The van der Waals surface area contributed by atoms with Crippen LogP contribution in [-0.2, 0) is 17.3 Å². The molecule has 0 amide bonds. The fourth-order valence-corrected chi connectivity index (χ4v) is 5.12. The van der Waals surface area contributed by atoms with Crippen molar-refractivity contribution in [3.63, 3.8) is 0 Å². The second-order valence-corrected chi connectivity index (χ2v) is 9.78. The molecule has 2 heteroatoms. The molecule has 0 aromatic carbocycles. The van der Waals surface area contributed by atoms with Gasteiger partial charge in [0, 0.05) is 4.88 Å². The topological polar surface area (TPSA) is 0 Å². The Bertz CT molecular complexity index is 573. The standard InChI is InChI=1S/C21H32S2/c1-6-7-8-9-11-20(2,3)19-13-17(15-23-19)14-21(4,5)18-10-12-22-16-18/h10,12-13,15-16H,6-9,11,14H2,1-5H3. The van der Waals surface area contributed by atoms with E-state index in [1.54, 1.807) is 16.2 Å². The zero-order valence-electron chi connectivity index (χ0n) is 15.4. The number of hydrogen-bond acceptors (Lipinski definition) is 2. The van der Waals surface area contributed by atoms with Gasteiger partial charge in [-0.05, 0) is 63.1 Å². The summed E-state index contributed by atoms with van der Waals surface area (Å²) in [5.74, 6) is 0. The maximum absolute atomic E-state index is 2.47. The predicted octanol–water partition coefficient (Wildman–Crippen LogP) is 7.58. The Labute approximate surface area is 151 Å². The van der Waals surface area contributed by atoms with E-state index in [-0.39, 0.29) is 5.41 Å². The molecular weight excluding hydrogens is 316 g/mol. The van der Waals surface area contributed by atoms with E-state index in [4.69, 9.17) is 0 Å². The van der Waals surface area contributed by atoms with E-state index in [2.05, 4.69) is 62.9 Å². The quantitative estimate of drug-likeness (QED) is 0.410. The summed E-state index contributed by atoms with van der Waals surface area (Å²) in [6.07, 6.45) is 7.87. The van der Waals surface area contributed by atoms with Crippen LogP contribution >= 0.6 is 22.7 Å². The number of rotatable bonds is 9. The van der Waals surface area contributed by atoms with Gasteiger partial charge in [0.1, 0.15) is 0 Å². The largest absolute Gasteiger partial charge is 0.152 e. The van der Waals surface area contributed by atoms with Gasteiger partial charge in [0.25, 0.3) is 0 Å². The van der Waals surface area contributed by atoms with Gasteiger partial charge < -0.3 is 0 Å². The van der Waals surface area contributed by atoms with E-state index in [1.807, 2.05) is 11.3 Å². The molecule has 2 aromatic rings. The molecule has 0 aliphatic rings. The third kappa shape index (κ3) is 5.19.